The van der Waals surface area contributed by atoms with E-state index in [1.54, 1.807) is 18.2 Å². The summed E-state index contributed by atoms with van der Waals surface area (Å²) in [5.74, 6) is -1.70. The van der Waals surface area contributed by atoms with Crippen LogP contribution >= 0.6 is 11.6 Å². The Morgan fingerprint density at radius 1 is 1.07 bits per heavy atom. The highest BCUT2D eigenvalue weighted by molar-refractivity contribution is 6.30. The quantitative estimate of drug-likeness (QED) is 0.637. The molecule has 0 aliphatic heterocycles. The van der Waals surface area contributed by atoms with Gasteiger partial charge in [0, 0.05) is 12.4 Å². The van der Waals surface area contributed by atoms with Gasteiger partial charge in [0.1, 0.15) is 24.1 Å². The summed E-state index contributed by atoms with van der Waals surface area (Å²) >= 11 is 6.01. The van der Waals surface area contributed by atoms with E-state index in [1.807, 2.05) is 35.6 Å². The van der Waals surface area contributed by atoms with Gasteiger partial charge in [0.15, 0.2) is 5.15 Å². The lowest BCUT2D eigenvalue weighted by Gasteiger charge is -2.21. The van der Waals surface area contributed by atoms with E-state index in [4.69, 9.17) is 16.3 Å². The predicted octanol–water partition coefficient (Wildman–Crippen LogP) is 4.48. The first-order valence-electron chi connectivity index (χ1n) is 8.45. The zero-order chi connectivity index (χ0) is 20.9. The summed E-state index contributed by atoms with van der Waals surface area (Å²) in [5.41, 5.74) is 1.24. The summed E-state index contributed by atoms with van der Waals surface area (Å²) in [6.07, 6.45) is -2.48. The van der Waals surface area contributed by atoms with Crippen molar-refractivity contribution in [3.63, 3.8) is 0 Å². The fraction of sp³-hybridized carbons (Fsp3) is 0.150. The number of halogens is 4. The lowest BCUT2D eigenvalue weighted by molar-refractivity contribution is -0.174. The molecule has 1 N–H and O–H groups in total. The van der Waals surface area contributed by atoms with Crippen molar-refractivity contribution in [2.75, 3.05) is 0 Å². The molecular weight excluding hydrogens is 407 g/mol. The van der Waals surface area contributed by atoms with Gasteiger partial charge in [-0.2, -0.15) is 13.2 Å². The first-order valence-corrected chi connectivity index (χ1v) is 8.83. The monoisotopic (exact) mass is 421 g/mol. The number of hydrogen-bond donors (Lipinski definition) is 1. The summed E-state index contributed by atoms with van der Waals surface area (Å²) in [4.78, 5) is 19.4. The Kier molecular flexibility index (Phi) is 6.33. The Morgan fingerprint density at radius 3 is 2.48 bits per heavy atom. The van der Waals surface area contributed by atoms with Crippen LogP contribution in [-0.4, -0.2) is 22.1 Å². The van der Waals surface area contributed by atoms with Crippen molar-refractivity contribution in [3.8, 4) is 5.75 Å². The molecule has 2 aromatic carbocycles. The highest BCUT2D eigenvalue weighted by Gasteiger charge is 2.40. The molecule has 150 valence electrons. The zero-order valence-electron chi connectivity index (χ0n) is 14.9. The van der Waals surface area contributed by atoms with Crippen LogP contribution < -0.4 is 10.1 Å². The normalized spacial score (nSPS) is 12.3. The van der Waals surface area contributed by atoms with Crippen LogP contribution in [0.3, 0.4) is 0 Å². The summed E-state index contributed by atoms with van der Waals surface area (Å²) in [6.45, 7) is 0.274. The van der Waals surface area contributed by atoms with Crippen LogP contribution in [0.4, 0.5) is 13.2 Å². The second-order valence-corrected chi connectivity index (χ2v) is 6.34. The molecule has 3 rings (SSSR count). The Labute approximate surface area is 169 Å². The molecular formula is C20H15ClF3N3O2. The number of carbonyl (C=O) groups excluding carboxylic acids is 1. The molecule has 5 nitrogen and oxygen atoms in total. The SMILES string of the molecule is O=C(NC(c1cccc(OCc2ccccc2)c1)c1nccnc1Cl)C(F)(F)F. The van der Waals surface area contributed by atoms with Gasteiger partial charge in [0.2, 0.25) is 0 Å². The van der Waals surface area contributed by atoms with E-state index < -0.39 is 18.1 Å². The molecule has 0 spiro atoms. The lowest BCUT2D eigenvalue weighted by Crippen LogP contribution is -2.40. The van der Waals surface area contributed by atoms with Gasteiger partial charge in [-0.3, -0.25) is 9.78 Å². The van der Waals surface area contributed by atoms with E-state index >= 15 is 0 Å². The smallest absolute Gasteiger partial charge is 0.471 e. The topological polar surface area (TPSA) is 64.1 Å². The van der Waals surface area contributed by atoms with Gasteiger partial charge in [0.25, 0.3) is 0 Å². The number of alkyl halides is 3. The van der Waals surface area contributed by atoms with E-state index in [-0.39, 0.29) is 17.5 Å². The minimum Gasteiger partial charge on any atom is -0.489 e. The van der Waals surface area contributed by atoms with Crippen LogP contribution in [0.25, 0.3) is 0 Å². The molecule has 9 heteroatoms. The Hall–Kier alpha value is -3.13. The van der Waals surface area contributed by atoms with E-state index in [0.717, 1.165) is 5.56 Å². The van der Waals surface area contributed by atoms with Gasteiger partial charge in [-0.05, 0) is 23.3 Å². The third kappa shape index (κ3) is 5.45. The molecule has 1 atom stereocenters. The standard InChI is InChI=1S/C20H15ClF3N3O2/c21-18-17(25-9-10-26-18)16(27-19(28)20(22,23)24)14-7-4-8-15(11-14)29-12-13-5-2-1-3-6-13/h1-11,16H,12H2,(H,27,28). The van der Waals surface area contributed by atoms with Crippen molar-refractivity contribution in [1.29, 1.82) is 0 Å². The highest BCUT2D eigenvalue weighted by atomic mass is 35.5. The van der Waals surface area contributed by atoms with Crippen molar-refractivity contribution in [3.05, 3.63) is 89.0 Å². The second kappa shape index (κ2) is 8.91. The lowest BCUT2D eigenvalue weighted by atomic mass is 10.0. The maximum Gasteiger partial charge on any atom is 0.471 e. The number of nitrogens with zero attached hydrogens (tertiary/aromatic N) is 2. The molecule has 0 saturated heterocycles. The van der Waals surface area contributed by atoms with Crippen LogP contribution in [0.5, 0.6) is 5.75 Å². The summed E-state index contributed by atoms with van der Waals surface area (Å²) in [7, 11) is 0. The summed E-state index contributed by atoms with van der Waals surface area (Å²) in [5, 5.41) is 1.81. The van der Waals surface area contributed by atoms with Crippen molar-refractivity contribution < 1.29 is 22.7 Å². The van der Waals surface area contributed by atoms with Gasteiger partial charge in [0.05, 0.1) is 0 Å². The van der Waals surface area contributed by atoms with Crippen LogP contribution in [0.15, 0.2) is 67.0 Å². The molecule has 0 aliphatic carbocycles. The number of nitrogens with one attached hydrogen (secondary N) is 1. The number of ether oxygens (including phenoxy) is 1. The largest absolute Gasteiger partial charge is 0.489 e. The van der Waals surface area contributed by atoms with Crippen LogP contribution in [-0.2, 0) is 11.4 Å². The minimum absolute atomic E-state index is 0.00743. The zero-order valence-corrected chi connectivity index (χ0v) is 15.6. The Balaban J connectivity index is 1.89. The van der Waals surface area contributed by atoms with Crippen molar-refractivity contribution in [1.82, 2.24) is 15.3 Å². The molecule has 0 saturated carbocycles. The predicted molar refractivity (Wildman–Crippen MR) is 100 cm³/mol. The molecule has 1 aromatic heterocycles. The van der Waals surface area contributed by atoms with Crippen molar-refractivity contribution >= 4 is 17.5 Å². The third-order valence-corrected chi connectivity index (χ3v) is 4.22. The molecule has 0 fully saturated rings. The van der Waals surface area contributed by atoms with E-state index in [1.165, 1.54) is 18.5 Å². The molecule has 3 aromatic rings. The van der Waals surface area contributed by atoms with Crippen molar-refractivity contribution in [2.45, 2.75) is 18.8 Å². The fourth-order valence-electron chi connectivity index (χ4n) is 2.57. The van der Waals surface area contributed by atoms with Crippen LogP contribution in [0.2, 0.25) is 5.15 Å². The van der Waals surface area contributed by atoms with Crippen LogP contribution in [0, 0.1) is 0 Å². The minimum atomic E-state index is -5.06. The number of rotatable bonds is 6. The highest BCUT2D eigenvalue weighted by Crippen LogP contribution is 2.29. The molecule has 29 heavy (non-hydrogen) atoms. The van der Waals surface area contributed by atoms with Gasteiger partial charge in [-0.1, -0.05) is 54.1 Å². The molecule has 0 bridgehead atoms. The number of carbonyl (C=O) groups is 1. The van der Waals surface area contributed by atoms with Crippen molar-refractivity contribution in [2.24, 2.45) is 0 Å². The van der Waals surface area contributed by atoms with E-state index in [2.05, 4.69) is 9.97 Å². The Morgan fingerprint density at radius 2 is 1.79 bits per heavy atom. The fourth-order valence-corrected chi connectivity index (χ4v) is 2.79. The average Bonchev–Trinajstić information content (AvgIpc) is 2.71. The maximum atomic E-state index is 12.8. The first-order chi connectivity index (χ1) is 13.8. The molecule has 0 radical (unpaired) electrons. The first kappa shape index (κ1) is 20.6. The second-order valence-electron chi connectivity index (χ2n) is 5.98. The summed E-state index contributed by atoms with van der Waals surface area (Å²) < 4.78 is 44.2. The molecule has 1 heterocycles. The van der Waals surface area contributed by atoms with E-state index in [0.29, 0.717) is 11.3 Å². The summed E-state index contributed by atoms with van der Waals surface area (Å²) in [6, 6.07) is 14.5. The average molecular weight is 422 g/mol. The van der Waals surface area contributed by atoms with Gasteiger partial charge >= 0.3 is 12.1 Å². The van der Waals surface area contributed by atoms with E-state index in [9.17, 15) is 18.0 Å². The number of aromatic nitrogens is 2. The van der Waals surface area contributed by atoms with Crippen LogP contribution in [0.1, 0.15) is 22.9 Å². The molecule has 1 unspecified atom stereocenters. The van der Waals surface area contributed by atoms with Gasteiger partial charge in [-0.25, -0.2) is 4.98 Å². The van der Waals surface area contributed by atoms with Gasteiger partial charge in [-0.15, -0.1) is 0 Å². The number of hydrogen-bond acceptors (Lipinski definition) is 4. The molecule has 1 amide bonds. The number of benzene rings is 2. The Bertz CT molecular complexity index is 984. The number of amides is 1. The third-order valence-electron chi connectivity index (χ3n) is 3.93. The maximum absolute atomic E-state index is 12.8. The molecule has 0 aliphatic rings. The van der Waals surface area contributed by atoms with Gasteiger partial charge < -0.3 is 10.1 Å².